The van der Waals surface area contributed by atoms with E-state index in [1.165, 1.54) is 0 Å². The van der Waals surface area contributed by atoms with Crippen molar-refractivity contribution < 1.29 is 19.4 Å². The van der Waals surface area contributed by atoms with Crippen molar-refractivity contribution in [1.29, 1.82) is 0 Å². The standard InChI is InChI=1S/C10H9N5O6/c16-9-7(4-11-10(17)13-9)12-6-2-1-5(14(18)19)3-8(6)15(20)21/h1-3,7,12H,4H2,(H2,11,13,16,17). The zero-order valence-electron chi connectivity index (χ0n) is 10.4. The lowest BCUT2D eigenvalue weighted by atomic mass is 10.2. The molecule has 2 rings (SSSR count). The van der Waals surface area contributed by atoms with Crippen LogP contribution in [0, 0.1) is 20.2 Å². The zero-order chi connectivity index (χ0) is 15.6. The molecule has 0 radical (unpaired) electrons. The van der Waals surface area contributed by atoms with Crippen LogP contribution >= 0.6 is 0 Å². The minimum atomic E-state index is -0.914. The third-order valence-electron chi connectivity index (χ3n) is 2.74. The van der Waals surface area contributed by atoms with Crippen LogP contribution in [-0.2, 0) is 4.79 Å². The maximum atomic E-state index is 11.6. The van der Waals surface area contributed by atoms with E-state index in [2.05, 4.69) is 10.6 Å². The fourth-order valence-corrected chi connectivity index (χ4v) is 1.74. The summed E-state index contributed by atoms with van der Waals surface area (Å²) < 4.78 is 0. The molecule has 0 aromatic heterocycles. The van der Waals surface area contributed by atoms with Crippen LogP contribution < -0.4 is 16.0 Å². The van der Waals surface area contributed by atoms with Crippen molar-refractivity contribution in [3.63, 3.8) is 0 Å². The van der Waals surface area contributed by atoms with Crippen LogP contribution in [0.25, 0.3) is 0 Å². The first-order chi connectivity index (χ1) is 9.88. The predicted octanol–water partition coefficient (Wildman–Crippen LogP) is 0.123. The highest BCUT2D eigenvalue weighted by Crippen LogP contribution is 2.29. The van der Waals surface area contributed by atoms with E-state index in [0.29, 0.717) is 0 Å². The van der Waals surface area contributed by atoms with Gasteiger partial charge in [0.2, 0.25) is 0 Å². The van der Waals surface area contributed by atoms with Gasteiger partial charge in [0.1, 0.15) is 11.7 Å². The van der Waals surface area contributed by atoms with Gasteiger partial charge in [-0.1, -0.05) is 0 Å². The number of hydrogen-bond donors (Lipinski definition) is 3. The number of nitro groups is 2. The molecular formula is C10H9N5O6. The number of imide groups is 1. The Balaban J connectivity index is 2.27. The Bertz CT molecular complexity index is 645. The number of urea groups is 1. The average molecular weight is 295 g/mol. The van der Waals surface area contributed by atoms with E-state index < -0.39 is 39.2 Å². The molecule has 0 aliphatic carbocycles. The second kappa shape index (κ2) is 5.40. The highest BCUT2D eigenvalue weighted by Gasteiger charge is 2.28. The largest absolute Gasteiger partial charge is 0.367 e. The summed E-state index contributed by atoms with van der Waals surface area (Å²) >= 11 is 0. The van der Waals surface area contributed by atoms with Gasteiger partial charge >= 0.3 is 6.03 Å². The molecule has 1 aliphatic heterocycles. The van der Waals surface area contributed by atoms with Gasteiger partial charge in [-0.3, -0.25) is 30.3 Å². The van der Waals surface area contributed by atoms with E-state index in [-0.39, 0.29) is 12.2 Å². The molecule has 110 valence electrons. The highest BCUT2D eigenvalue weighted by atomic mass is 16.6. The SMILES string of the molecule is O=C1NCC(Nc2ccc([N+](=O)[O-])cc2[N+](=O)[O-])C(=O)N1. The Morgan fingerprint density at radius 3 is 2.48 bits per heavy atom. The number of hydrogen-bond acceptors (Lipinski definition) is 7. The molecule has 3 N–H and O–H groups in total. The van der Waals surface area contributed by atoms with Crippen LogP contribution in [0.2, 0.25) is 0 Å². The van der Waals surface area contributed by atoms with Crippen molar-refractivity contribution in [2.24, 2.45) is 0 Å². The first-order valence-corrected chi connectivity index (χ1v) is 5.66. The molecule has 21 heavy (non-hydrogen) atoms. The molecule has 1 fully saturated rings. The van der Waals surface area contributed by atoms with Gasteiger partial charge < -0.3 is 10.6 Å². The lowest BCUT2D eigenvalue weighted by Gasteiger charge is -2.23. The molecular weight excluding hydrogens is 286 g/mol. The maximum Gasteiger partial charge on any atom is 0.321 e. The summed E-state index contributed by atoms with van der Waals surface area (Å²) in [6.45, 7) is -0.0567. The van der Waals surface area contributed by atoms with Crippen LogP contribution in [0.4, 0.5) is 21.9 Å². The van der Waals surface area contributed by atoms with Crippen LogP contribution in [0.1, 0.15) is 0 Å². The number of nitrogens with zero attached hydrogens (tertiary/aromatic N) is 2. The van der Waals surface area contributed by atoms with Gasteiger partial charge in [0.05, 0.1) is 15.9 Å². The van der Waals surface area contributed by atoms with E-state index in [9.17, 15) is 29.8 Å². The first kappa shape index (κ1) is 14.2. The maximum absolute atomic E-state index is 11.6. The van der Waals surface area contributed by atoms with E-state index in [1.54, 1.807) is 0 Å². The molecule has 1 aromatic rings. The number of carbonyl (C=O) groups excluding carboxylic acids is 2. The van der Waals surface area contributed by atoms with Crippen LogP contribution in [-0.4, -0.2) is 34.4 Å². The first-order valence-electron chi connectivity index (χ1n) is 5.66. The van der Waals surface area contributed by atoms with Crippen molar-refractivity contribution >= 4 is 29.0 Å². The molecule has 0 spiro atoms. The number of non-ortho nitro benzene ring substituents is 1. The summed E-state index contributed by atoms with van der Waals surface area (Å²) in [5.74, 6) is -0.647. The zero-order valence-corrected chi connectivity index (χ0v) is 10.4. The molecule has 3 amide bonds. The third-order valence-corrected chi connectivity index (χ3v) is 2.74. The fourth-order valence-electron chi connectivity index (χ4n) is 1.74. The van der Waals surface area contributed by atoms with Gasteiger partial charge in [-0.15, -0.1) is 0 Å². The summed E-state index contributed by atoms with van der Waals surface area (Å²) in [5.41, 5.74) is -1.02. The van der Waals surface area contributed by atoms with E-state index in [4.69, 9.17) is 0 Å². The second-order valence-corrected chi connectivity index (χ2v) is 4.11. The molecule has 0 bridgehead atoms. The Morgan fingerprint density at radius 2 is 1.90 bits per heavy atom. The van der Waals surface area contributed by atoms with Gasteiger partial charge in [-0.05, 0) is 6.07 Å². The Hall–Kier alpha value is -3.24. The minimum Gasteiger partial charge on any atom is -0.367 e. The Labute approximate surface area is 116 Å². The van der Waals surface area contributed by atoms with Gasteiger partial charge in [0.15, 0.2) is 0 Å². The number of anilines is 1. The average Bonchev–Trinajstić information content (AvgIpc) is 2.41. The lowest BCUT2D eigenvalue weighted by Crippen LogP contribution is -2.57. The number of benzene rings is 1. The molecule has 1 atom stereocenters. The quantitative estimate of drug-likeness (QED) is 0.526. The molecule has 1 aromatic carbocycles. The number of nitro benzene ring substituents is 2. The number of amides is 3. The third kappa shape index (κ3) is 3.02. The summed E-state index contributed by atoms with van der Waals surface area (Å²) in [6.07, 6.45) is 0. The number of nitrogens with one attached hydrogen (secondary N) is 3. The van der Waals surface area contributed by atoms with Crippen molar-refractivity contribution in [2.75, 3.05) is 11.9 Å². The summed E-state index contributed by atoms with van der Waals surface area (Å²) in [7, 11) is 0. The smallest absolute Gasteiger partial charge is 0.321 e. The van der Waals surface area contributed by atoms with Crippen molar-refractivity contribution in [3.05, 3.63) is 38.4 Å². The van der Waals surface area contributed by atoms with Crippen molar-refractivity contribution in [1.82, 2.24) is 10.6 Å². The lowest BCUT2D eigenvalue weighted by molar-refractivity contribution is -0.393. The van der Waals surface area contributed by atoms with Gasteiger partial charge in [-0.25, -0.2) is 4.79 Å². The van der Waals surface area contributed by atoms with Gasteiger partial charge in [0.25, 0.3) is 17.3 Å². The van der Waals surface area contributed by atoms with Crippen LogP contribution in [0.5, 0.6) is 0 Å². The van der Waals surface area contributed by atoms with E-state index in [1.807, 2.05) is 5.32 Å². The summed E-state index contributed by atoms with van der Waals surface area (Å²) in [5, 5.41) is 28.5. The molecule has 0 saturated carbocycles. The van der Waals surface area contributed by atoms with E-state index >= 15 is 0 Å². The molecule has 1 unspecified atom stereocenters. The van der Waals surface area contributed by atoms with E-state index in [0.717, 1.165) is 18.2 Å². The highest BCUT2D eigenvalue weighted by molar-refractivity contribution is 6.01. The molecule has 1 saturated heterocycles. The Kier molecular flexibility index (Phi) is 3.65. The number of rotatable bonds is 4. The van der Waals surface area contributed by atoms with Crippen molar-refractivity contribution in [2.45, 2.75) is 6.04 Å². The molecule has 11 heteroatoms. The predicted molar refractivity (Wildman–Crippen MR) is 68.7 cm³/mol. The molecule has 1 aliphatic rings. The topological polar surface area (TPSA) is 157 Å². The van der Waals surface area contributed by atoms with Gasteiger partial charge in [-0.2, -0.15) is 0 Å². The van der Waals surface area contributed by atoms with Crippen molar-refractivity contribution in [3.8, 4) is 0 Å². The minimum absolute atomic E-state index is 0.0538. The summed E-state index contributed by atoms with van der Waals surface area (Å²) in [6, 6.07) is 1.44. The fraction of sp³-hybridized carbons (Fsp3) is 0.200. The van der Waals surface area contributed by atoms with Crippen LogP contribution in [0.3, 0.4) is 0 Å². The monoisotopic (exact) mass is 295 g/mol. The molecule has 1 heterocycles. The van der Waals surface area contributed by atoms with Gasteiger partial charge in [0, 0.05) is 12.6 Å². The normalized spacial score (nSPS) is 17.6. The second-order valence-electron chi connectivity index (χ2n) is 4.11. The summed E-state index contributed by atoms with van der Waals surface area (Å²) in [4.78, 5) is 42.5. The molecule has 11 nitrogen and oxygen atoms in total. The van der Waals surface area contributed by atoms with Crippen LogP contribution in [0.15, 0.2) is 18.2 Å². The number of carbonyl (C=O) groups is 2. The Morgan fingerprint density at radius 1 is 1.19 bits per heavy atom.